The van der Waals surface area contributed by atoms with E-state index >= 15 is 0 Å². The highest BCUT2D eigenvalue weighted by Gasteiger charge is 2.01. The molecule has 0 saturated carbocycles. The molecule has 0 fully saturated rings. The van der Waals surface area contributed by atoms with E-state index < -0.39 is 0 Å². The van der Waals surface area contributed by atoms with Crippen LogP contribution in [0.25, 0.3) is 0 Å². The van der Waals surface area contributed by atoms with Gasteiger partial charge < -0.3 is 10.8 Å². The molecule has 2 aromatic rings. The van der Waals surface area contributed by atoms with Gasteiger partial charge in [-0.25, -0.2) is 0 Å². The van der Waals surface area contributed by atoms with Crippen LogP contribution in [0.3, 0.4) is 0 Å². The van der Waals surface area contributed by atoms with Gasteiger partial charge in [-0.05, 0) is 47.4 Å². The van der Waals surface area contributed by atoms with Gasteiger partial charge in [0.05, 0.1) is 0 Å². The molecule has 2 aromatic carbocycles. The zero-order valence-corrected chi connectivity index (χ0v) is 8.98. The van der Waals surface area contributed by atoms with Crippen molar-refractivity contribution in [2.45, 2.75) is 13.0 Å². The highest BCUT2D eigenvalue weighted by molar-refractivity contribution is 5.34. The van der Waals surface area contributed by atoms with Gasteiger partial charge in [0.25, 0.3) is 0 Å². The second-order valence-corrected chi connectivity index (χ2v) is 3.74. The van der Waals surface area contributed by atoms with Crippen LogP contribution in [0.4, 0.5) is 0 Å². The van der Waals surface area contributed by atoms with Gasteiger partial charge in [-0.3, -0.25) is 0 Å². The van der Waals surface area contributed by atoms with E-state index in [-0.39, 0.29) is 0 Å². The van der Waals surface area contributed by atoms with Crippen LogP contribution in [0.15, 0.2) is 42.5 Å². The minimum absolute atomic E-state index is 0.296. The highest BCUT2D eigenvalue weighted by Crippen LogP contribution is 2.16. The summed E-state index contributed by atoms with van der Waals surface area (Å²) in [5.41, 5.74) is 9.17. The summed E-state index contributed by atoms with van der Waals surface area (Å²) in [4.78, 5) is 0. The SMILES string of the molecule is NCc1c[c]ccc1Cc1ccc(O)cc1. The second-order valence-electron chi connectivity index (χ2n) is 3.74. The van der Waals surface area contributed by atoms with Crippen LogP contribution >= 0.6 is 0 Å². The minimum atomic E-state index is 0.296. The maximum Gasteiger partial charge on any atom is 0.115 e. The molecule has 0 aliphatic heterocycles. The molecule has 2 heteroatoms. The molecule has 0 amide bonds. The summed E-state index contributed by atoms with van der Waals surface area (Å²) < 4.78 is 0. The number of benzene rings is 2. The van der Waals surface area contributed by atoms with Gasteiger partial charge in [-0.15, -0.1) is 0 Å². The number of phenolic OH excluding ortho intramolecular Hbond substituents is 1. The molecule has 0 heterocycles. The molecule has 3 N–H and O–H groups in total. The standard InChI is InChI=1S/C14H14NO/c15-10-13-4-2-1-3-12(13)9-11-5-7-14(16)8-6-11/h1,3-8,16H,9-10,15H2. The number of hydrogen-bond acceptors (Lipinski definition) is 2. The number of hydrogen-bond donors (Lipinski definition) is 2. The van der Waals surface area contributed by atoms with Gasteiger partial charge in [0.1, 0.15) is 5.75 Å². The molecule has 1 radical (unpaired) electrons. The van der Waals surface area contributed by atoms with E-state index in [4.69, 9.17) is 5.73 Å². The number of aromatic hydroxyl groups is 1. The molecule has 0 aromatic heterocycles. The van der Waals surface area contributed by atoms with Crippen molar-refractivity contribution in [2.24, 2.45) is 5.73 Å². The fraction of sp³-hybridized carbons (Fsp3) is 0.143. The van der Waals surface area contributed by atoms with Crippen LogP contribution in [-0.4, -0.2) is 5.11 Å². The molecule has 0 atom stereocenters. The Balaban J connectivity index is 2.23. The van der Waals surface area contributed by atoms with E-state index in [2.05, 4.69) is 6.07 Å². The van der Waals surface area contributed by atoms with E-state index in [0.29, 0.717) is 12.3 Å². The van der Waals surface area contributed by atoms with Gasteiger partial charge in [-0.2, -0.15) is 0 Å². The molecular formula is C14H14NO. The fourth-order valence-electron chi connectivity index (χ4n) is 1.69. The Morgan fingerprint density at radius 3 is 2.50 bits per heavy atom. The van der Waals surface area contributed by atoms with Gasteiger partial charge in [0.2, 0.25) is 0 Å². The summed E-state index contributed by atoms with van der Waals surface area (Å²) >= 11 is 0. The van der Waals surface area contributed by atoms with E-state index in [1.807, 2.05) is 30.3 Å². The van der Waals surface area contributed by atoms with Crippen molar-refractivity contribution in [2.75, 3.05) is 0 Å². The Labute approximate surface area is 95.4 Å². The molecule has 0 unspecified atom stereocenters. The van der Waals surface area contributed by atoms with Crippen molar-refractivity contribution < 1.29 is 5.11 Å². The molecule has 0 bridgehead atoms. The zero-order chi connectivity index (χ0) is 11.4. The van der Waals surface area contributed by atoms with Crippen molar-refractivity contribution in [3.63, 3.8) is 0 Å². The first-order valence-corrected chi connectivity index (χ1v) is 5.25. The van der Waals surface area contributed by atoms with Crippen molar-refractivity contribution in [1.29, 1.82) is 0 Å². The third-order valence-electron chi connectivity index (χ3n) is 2.60. The molecule has 81 valence electrons. The predicted molar refractivity (Wildman–Crippen MR) is 64.1 cm³/mol. The van der Waals surface area contributed by atoms with E-state index in [1.165, 1.54) is 11.1 Å². The number of phenols is 1. The van der Waals surface area contributed by atoms with Gasteiger partial charge in [-0.1, -0.05) is 24.3 Å². The Hall–Kier alpha value is -1.80. The Morgan fingerprint density at radius 1 is 1.06 bits per heavy atom. The zero-order valence-electron chi connectivity index (χ0n) is 8.98. The summed E-state index contributed by atoms with van der Waals surface area (Å²) in [5.74, 6) is 0.296. The first-order valence-electron chi connectivity index (χ1n) is 5.25. The molecular weight excluding hydrogens is 198 g/mol. The van der Waals surface area contributed by atoms with Crippen LogP contribution in [0.1, 0.15) is 16.7 Å². The minimum Gasteiger partial charge on any atom is -0.508 e. The van der Waals surface area contributed by atoms with Crippen molar-refractivity contribution in [3.05, 3.63) is 65.2 Å². The van der Waals surface area contributed by atoms with Crippen molar-refractivity contribution in [3.8, 4) is 5.75 Å². The maximum absolute atomic E-state index is 9.20. The highest BCUT2D eigenvalue weighted by atomic mass is 16.3. The van der Waals surface area contributed by atoms with Gasteiger partial charge in [0, 0.05) is 6.54 Å². The quantitative estimate of drug-likeness (QED) is 0.819. The van der Waals surface area contributed by atoms with E-state index in [9.17, 15) is 5.11 Å². The molecule has 16 heavy (non-hydrogen) atoms. The number of nitrogens with two attached hydrogens (primary N) is 1. The van der Waals surface area contributed by atoms with Crippen LogP contribution in [-0.2, 0) is 13.0 Å². The van der Waals surface area contributed by atoms with Crippen molar-refractivity contribution in [1.82, 2.24) is 0 Å². The lowest BCUT2D eigenvalue weighted by Gasteiger charge is -2.07. The molecule has 0 aliphatic carbocycles. The topological polar surface area (TPSA) is 46.2 Å². The van der Waals surface area contributed by atoms with Crippen LogP contribution in [0, 0.1) is 6.07 Å². The predicted octanol–water partition coefficient (Wildman–Crippen LogP) is 2.24. The third kappa shape index (κ3) is 2.41. The Bertz CT molecular complexity index is 462. The average molecular weight is 212 g/mol. The Kier molecular flexibility index (Phi) is 3.22. The van der Waals surface area contributed by atoms with Crippen molar-refractivity contribution >= 4 is 0 Å². The fourth-order valence-corrected chi connectivity index (χ4v) is 1.69. The summed E-state index contributed by atoms with van der Waals surface area (Å²) in [6, 6.07) is 16.1. The third-order valence-corrected chi connectivity index (χ3v) is 2.60. The average Bonchev–Trinajstić information content (AvgIpc) is 2.33. The first kappa shape index (κ1) is 10.7. The number of rotatable bonds is 3. The lowest BCUT2D eigenvalue weighted by atomic mass is 10.00. The molecule has 2 rings (SSSR count). The van der Waals surface area contributed by atoms with Crippen LogP contribution in [0.2, 0.25) is 0 Å². The summed E-state index contributed by atoms with van der Waals surface area (Å²) in [7, 11) is 0. The molecule has 2 nitrogen and oxygen atoms in total. The Morgan fingerprint density at radius 2 is 1.81 bits per heavy atom. The van der Waals surface area contributed by atoms with Gasteiger partial charge in [0.15, 0.2) is 0 Å². The smallest absolute Gasteiger partial charge is 0.115 e. The largest absolute Gasteiger partial charge is 0.508 e. The van der Waals surface area contributed by atoms with Gasteiger partial charge >= 0.3 is 0 Å². The molecule has 0 spiro atoms. The maximum atomic E-state index is 9.20. The van der Waals surface area contributed by atoms with Crippen LogP contribution < -0.4 is 5.73 Å². The lowest BCUT2D eigenvalue weighted by molar-refractivity contribution is 0.475. The molecule has 0 saturated heterocycles. The van der Waals surface area contributed by atoms with Crippen LogP contribution in [0.5, 0.6) is 5.75 Å². The summed E-state index contributed by atoms with van der Waals surface area (Å²) in [6.07, 6.45) is 0.835. The first-order chi connectivity index (χ1) is 7.79. The van der Waals surface area contributed by atoms with E-state index in [1.54, 1.807) is 12.1 Å². The monoisotopic (exact) mass is 212 g/mol. The summed E-state index contributed by atoms with van der Waals surface area (Å²) in [5, 5.41) is 9.20. The summed E-state index contributed by atoms with van der Waals surface area (Å²) in [6.45, 7) is 0.532. The lowest BCUT2D eigenvalue weighted by Crippen LogP contribution is -2.01. The second kappa shape index (κ2) is 4.81. The van der Waals surface area contributed by atoms with E-state index in [0.717, 1.165) is 12.0 Å². The normalized spacial score (nSPS) is 10.3. The molecule has 0 aliphatic rings.